The SMILES string of the molecule is COC(=O)[C@@H](C)N1C(=O)S/C(=C/c2c(C)n(Cc3ccccc3Cl)c3ccccc23)C1=O. The lowest BCUT2D eigenvalue weighted by atomic mass is 10.1. The zero-order valence-corrected chi connectivity index (χ0v) is 19.4. The number of benzene rings is 2. The van der Waals surface area contributed by atoms with Crippen molar-refractivity contribution in [2.75, 3.05) is 7.11 Å². The fraction of sp³-hybridized carbons (Fsp3) is 0.208. The maximum absolute atomic E-state index is 13.0. The molecule has 0 spiro atoms. The number of aromatic nitrogens is 1. The topological polar surface area (TPSA) is 68.6 Å². The number of hydrogen-bond acceptors (Lipinski definition) is 5. The lowest BCUT2D eigenvalue weighted by Crippen LogP contribution is -2.42. The zero-order chi connectivity index (χ0) is 23.0. The maximum Gasteiger partial charge on any atom is 0.328 e. The maximum atomic E-state index is 13.0. The van der Waals surface area contributed by atoms with Gasteiger partial charge in [-0.15, -0.1) is 0 Å². The third-order valence-electron chi connectivity index (χ3n) is 5.59. The predicted octanol–water partition coefficient (Wildman–Crippen LogP) is 5.25. The molecule has 0 radical (unpaired) electrons. The van der Waals surface area contributed by atoms with Gasteiger partial charge in [-0.1, -0.05) is 48.0 Å². The number of carbonyl (C=O) groups is 3. The smallest absolute Gasteiger partial charge is 0.328 e. The number of para-hydroxylation sites is 1. The Morgan fingerprint density at radius 2 is 1.84 bits per heavy atom. The number of esters is 1. The molecule has 4 rings (SSSR count). The first-order chi connectivity index (χ1) is 15.3. The monoisotopic (exact) mass is 468 g/mol. The summed E-state index contributed by atoms with van der Waals surface area (Å²) in [5.41, 5.74) is 3.78. The summed E-state index contributed by atoms with van der Waals surface area (Å²) in [4.78, 5) is 38.5. The van der Waals surface area contributed by atoms with Gasteiger partial charge in [0, 0.05) is 33.7 Å². The van der Waals surface area contributed by atoms with Crippen LogP contribution in [0.3, 0.4) is 0 Å². The number of methoxy groups -OCH3 is 1. The van der Waals surface area contributed by atoms with Gasteiger partial charge in [0.1, 0.15) is 6.04 Å². The first-order valence-corrected chi connectivity index (χ1v) is 11.2. The van der Waals surface area contributed by atoms with Crippen LogP contribution in [0.1, 0.15) is 23.7 Å². The molecule has 1 atom stereocenters. The third-order valence-corrected chi connectivity index (χ3v) is 6.85. The highest BCUT2D eigenvalue weighted by atomic mass is 35.5. The van der Waals surface area contributed by atoms with Crippen LogP contribution in [-0.2, 0) is 20.9 Å². The van der Waals surface area contributed by atoms with Crippen molar-refractivity contribution >= 4 is 57.5 Å². The molecule has 0 saturated carbocycles. The second-order valence-corrected chi connectivity index (χ2v) is 8.85. The normalized spacial score (nSPS) is 16.2. The van der Waals surface area contributed by atoms with Gasteiger partial charge < -0.3 is 9.30 Å². The number of imide groups is 1. The van der Waals surface area contributed by atoms with E-state index < -0.39 is 23.2 Å². The summed E-state index contributed by atoms with van der Waals surface area (Å²) >= 11 is 7.21. The molecule has 2 amide bonds. The fourth-order valence-electron chi connectivity index (χ4n) is 3.86. The number of fused-ring (bicyclic) bond motifs is 1. The van der Waals surface area contributed by atoms with Gasteiger partial charge in [0.2, 0.25) is 0 Å². The van der Waals surface area contributed by atoms with Crippen LogP contribution in [0.25, 0.3) is 17.0 Å². The molecule has 2 aromatic carbocycles. The molecule has 0 bridgehead atoms. The van der Waals surface area contributed by atoms with E-state index >= 15 is 0 Å². The van der Waals surface area contributed by atoms with Crippen molar-refractivity contribution in [1.29, 1.82) is 0 Å². The molecule has 2 heterocycles. The fourth-order valence-corrected chi connectivity index (χ4v) is 4.95. The summed E-state index contributed by atoms with van der Waals surface area (Å²) in [7, 11) is 1.23. The highest BCUT2D eigenvalue weighted by Gasteiger charge is 2.41. The number of carbonyl (C=O) groups excluding carboxylic acids is 3. The number of thioether (sulfide) groups is 1. The quantitative estimate of drug-likeness (QED) is 0.378. The minimum absolute atomic E-state index is 0.273. The summed E-state index contributed by atoms with van der Waals surface area (Å²) in [6.45, 7) is 4.02. The van der Waals surface area contributed by atoms with Crippen molar-refractivity contribution in [2.24, 2.45) is 0 Å². The molecular weight excluding hydrogens is 448 g/mol. The molecular formula is C24H21ClN2O4S. The molecule has 1 aliphatic heterocycles. The Kier molecular flexibility index (Phi) is 6.13. The second-order valence-electron chi connectivity index (χ2n) is 7.44. The van der Waals surface area contributed by atoms with E-state index in [1.807, 2.05) is 55.5 Å². The van der Waals surface area contributed by atoms with Crippen LogP contribution in [0.15, 0.2) is 53.4 Å². The highest BCUT2D eigenvalue weighted by Crippen LogP contribution is 2.37. The number of amides is 2. The Balaban J connectivity index is 1.77. The van der Waals surface area contributed by atoms with Crippen LogP contribution < -0.4 is 0 Å². The predicted molar refractivity (Wildman–Crippen MR) is 127 cm³/mol. The number of halogens is 1. The molecule has 0 aliphatic carbocycles. The van der Waals surface area contributed by atoms with Gasteiger partial charge in [0.15, 0.2) is 0 Å². The Labute approximate surface area is 194 Å². The van der Waals surface area contributed by atoms with E-state index in [9.17, 15) is 14.4 Å². The van der Waals surface area contributed by atoms with Gasteiger partial charge in [-0.25, -0.2) is 4.79 Å². The van der Waals surface area contributed by atoms with Gasteiger partial charge in [-0.3, -0.25) is 14.5 Å². The first-order valence-electron chi connectivity index (χ1n) is 9.99. The minimum atomic E-state index is -0.985. The van der Waals surface area contributed by atoms with Crippen molar-refractivity contribution in [3.05, 3.63) is 75.3 Å². The summed E-state index contributed by atoms with van der Waals surface area (Å²) in [6.07, 6.45) is 1.73. The van der Waals surface area contributed by atoms with Crippen molar-refractivity contribution in [2.45, 2.75) is 26.4 Å². The molecule has 3 aromatic rings. The third kappa shape index (κ3) is 3.82. The van der Waals surface area contributed by atoms with E-state index in [0.29, 0.717) is 11.6 Å². The Morgan fingerprint density at radius 3 is 2.56 bits per heavy atom. The molecule has 8 heteroatoms. The Morgan fingerprint density at radius 1 is 1.16 bits per heavy atom. The molecule has 164 valence electrons. The standard InChI is InChI=1S/C24H21ClN2O4S/c1-14-18(12-21-22(28)27(24(30)32-21)15(2)23(29)31-3)17-9-5-7-11-20(17)26(14)13-16-8-4-6-10-19(16)25/h4-12,15H,13H2,1-3H3/b21-12+/t15-/m1/s1. The van der Waals surface area contributed by atoms with Crippen LogP contribution in [-0.4, -0.2) is 39.7 Å². The molecule has 1 fully saturated rings. The zero-order valence-electron chi connectivity index (χ0n) is 17.8. The Hall–Kier alpha value is -3.03. The molecule has 1 aliphatic rings. The van der Waals surface area contributed by atoms with Crippen LogP contribution in [0.5, 0.6) is 0 Å². The van der Waals surface area contributed by atoms with Gasteiger partial charge >= 0.3 is 5.97 Å². The molecule has 0 unspecified atom stereocenters. The lowest BCUT2D eigenvalue weighted by Gasteiger charge is -2.18. The number of nitrogens with zero attached hydrogens (tertiary/aromatic N) is 2. The highest BCUT2D eigenvalue weighted by molar-refractivity contribution is 8.18. The summed E-state index contributed by atoms with van der Waals surface area (Å²) in [6, 6.07) is 14.6. The van der Waals surface area contributed by atoms with Crippen LogP contribution in [0.4, 0.5) is 4.79 Å². The molecule has 1 aromatic heterocycles. The van der Waals surface area contributed by atoms with Crippen LogP contribution in [0, 0.1) is 6.92 Å². The molecule has 32 heavy (non-hydrogen) atoms. The van der Waals surface area contributed by atoms with Gasteiger partial charge in [-0.05, 0) is 49.4 Å². The number of hydrogen-bond donors (Lipinski definition) is 0. The van der Waals surface area contributed by atoms with E-state index in [0.717, 1.165) is 44.4 Å². The largest absolute Gasteiger partial charge is 0.467 e. The van der Waals surface area contributed by atoms with Crippen LogP contribution in [0.2, 0.25) is 5.02 Å². The van der Waals surface area contributed by atoms with E-state index in [1.165, 1.54) is 14.0 Å². The van der Waals surface area contributed by atoms with Gasteiger partial charge in [0.25, 0.3) is 11.1 Å². The van der Waals surface area contributed by atoms with Crippen molar-refractivity contribution < 1.29 is 19.1 Å². The average molecular weight is 469 g/mol. The van der Waals surface area contributed by atoms with E-state index in [-0.39, 0.29) is 4.91 Å². The average Bonchev–Trinajstić information content (AvgIpc) is 3.22. The molecule has 6 nitrogen and oxygen atoms in total. The molecule has 0 N–H and O–H groups in total. The minimum Gasteiger partial charge on any atom is -0.467 e. The number of rotatable bonds is 5. The second kappa shape index (κ2) is 8.84. The van der Waals surface area contributed by atoms with Crippen LogP contribution >= 0.6 is 23.4 Å². The van der Waals surface area contributed by atoms with Gasteiger partial charge in [-0.2, -0.15) is 0 Å². The van der Waals surface area contributed by atoms with E-state index in [4.69, 9.17) is 16.3 Å². The lowest BCUT2D eigenvalue weighted by molar-refractivity contribution is -0.148. The summed E-state index contributed by atoms with van der Waals surface area (Å²) < 4.78 is 6.84. The summed E-state index contributed by atoms with van der Waals surface area (Å²) in [5, 5.41) is 1.16. The van der Waals surface area contributed by atoms with E-state index in [2.05, 4.69) is 4.57 Å². The molecule has 1 saturated heterocycles. The number of ether oxygens (including phenoxy) is 1. The van der Waals surface area contributed by atoms with E-state index in [1.54, 1.807) is 6.08 Å². The summed E-state index contributed by atoms with van der Waals surface area (Å²) in [5.74, 6) is -1.14. The van der Waals surface area contributed by atoms with Crippen molar-refractivity contribution in [3.8, 4) is 0 Å². The first kappa shape index (κ1) is 22.2. The van der Waals surface area contributed by atoms with Crippen molar-refractivity contribution in [1.82, 2.24) is 9.47 Å². The Bertz CT molecular complexity index is 1280. The van der Waals surface area contributed by atoms with Crippen molar-refractivity contribution in [3.63, 3.8) is 0 Å². The van der Waals surface area contributed by atoms with Gasteiger partial charge in [0.05, 0.1) is 12.0 Å².